The van der Waals surface area contributed by atoms with Gasteiger partial charge in [-0.1, -0.05) is 59.7 Å². The van der Waals surface area contributed by atoms with Crippen LogP contribution < -0.4 is 32.9 Å². The van der Waals surface area contributed by atoms with Gasteiger partial charge in [0.25, 0.3) is 0 Å². The van der Waals surface area contributed by atoms with E-state index in [1.807, 2.05) is 51.2 Å². The monoisotopic (exact) mass is 702 g/mol. The van der Waals surface area contributed by atoms with Crippen molar-refractivity contribution < 1.29 is 22.3 Å². The lowest BCUT2D eigenvalue weighted by molar-refractivity contribution is -0.274. The number of rotatable bonds is 12. The van der Waals surface area contributed by atoms with Crippen molar-refractivity contribution in [2.75, 3.05) is 19.6 Å². The first-order chi connectivity index (χ1) is 23.3. The van der Waals surface area contributed by atoms with Crippen LogP contribution in [0.3, 0.4) is 0 Å². The van der Waals surface area contributed by atoms with Gasteiger partial charge in [0.05, 0.1) is 5.69 Å². The molecule has 0 aliphatic heterocycles. The Hall–Kier alpha value is -4.43. The zero-order chi connectivity index (χ0) is 37.3. The molecule has 4 aromatic rings. The summed E-state index contributed by atoms with van der Waals surface area (Å²) in [6, 6.07) is 13.9. The third-order valence-electron chi connectivity index (χ3n) is 7.72. The van der Waals surface area contributed by atoms with E-state index in [0.717, 1.165) is 47.9 Å². The molecule has 1 atom stereocenters. The number of nitrogens with one attached hydrogen (secondary N) is 2. The van der Waals surface area contributed by atoms with Crippen LogP contribution in [0.2, 0.25) is 0 Å². The van der Waals surface area contributed by atoms with Gasteiger partial charge in [0, 0.05) is 35.8 Å². The standard InChI is InChI=1S/C21H29N7O.C15H21F4NO/c1-21(2,3)17-11-15-13-28(20(29)27-18(15)26-17)16-7-5-14(6-8-16)12-24-9-4-10-25-19(22)23;1-14(2,3)11-7-10(13(16)5-4-6-20)8-12(9-11)21-15(17,18)19/h5-8,11,13,24H,4,9-10,12H2,1-3H3,(H4,22,23,25)(H,26,27,29);7-9,13H,4-6,20H2,1-3H3. The van der Waals surface area contributed by atoms with E-state index in [-0.39, 0.29) is 34.8 Å². The second-order valence-electron chi connectivity index (χ2n) is 14.1. The molecule has 0 bridgehead atoms. The molecule has 14 heteroatoms. The molecular weight excluding hydrogens is 652 g/mol. The van der Waals surface area contributed by atoms with Crippen molar-refractivity contribution in [1.82, 2.24) is 19.9 Å². The van der Waals surface area contributed by atoms with Crippen LogP contribution in [0.15, 0.2) is 64.5 Å². The summed E-state index contributed by atoms with van der Waals surface area (Å²) in [4.78, 5) is 23.9. The van der Waals surface area contributed by atoms with Crippen molar-refractivity contribution in [1.29, 1.82) is 0 Å². The minimum absolute atomic E-state index is 0.0352. The van der Waals surface area contributed by atoms with Gasteiger partial charge >= 0.3 is 12.1 Å². The van der Waals surface area contributed by atoms with Crippen LogP contribution in [0.25, 0.3) is 16.7 Å². The van der Waals surface area contributed by atoms with E-state index in [2.05, 4.69) is 51.9 Å². The molecule has 2 aromatic heterocycles. The summed E-state index contributed by atoms with van der Waals surface area (Å²) in [6.45, 7) is 14.4. The van der Waals surface area contributed by atoms with Gasteiger partial charge in [-0.25, -0.2) is 9.18 Å². The average molecular weight is 703 g/mol. The molecule has 10 nitrogen and oxygen atoms in total. The second kappa shape index (κ2) is 17.0. The first-order valence-corrected chi connectivity index (χ1v) is 16.5. The third-order valence-corrected chi connectivity index (χ3v) is 7.72. The van der Waals surface area contributed by atoms with E-state index in [1.165, 1.54) is 6.07 Å². The predicted molar refractivity (Wildman–Crippen MR) is 191 cm³/mol. The molecule has 8 N–H and O–H groups in total. The van der Waals surface area contributed by atoms with Gasteiger partial charge in [-0.15, -0.1) is 13.2 Å². The lowest BCUT2D eigenvalue weighted by Gasteiger charge is -2.22. The lowest BCUT2D eigenvalue weighted by Crippen LogP contribution is -2.23. The Morgan fingerprint density at radius 3 is 2.26 bits per heavy atom. The molecule has 50 heavy (non-hydrogen) atoms. The highest BCUT2D eigenvalue weighted by molar-refractivity contribution is 5.76. The van der Waals surface area contributed by atoms with Crippen molar-refractivity contribution in [3.05, 3.63) is 87.6 Å². The molecule has 0 spiro atoms. The predicted octanol–water partition coefficient (Wildman–Crippen LogP) is 6.40. The quantitative estimate of drug-likeness (QED) is 0.0494. The Morgan fingerprint density at radius 2 is 1.68 bits per heavy atom. The number of halogens is 4. The Bertz CT molecular complexity index is 1760. The molecule has 0 radical (unpaired) electrons. The number of ether oxygens (including phenoxy) is 1. The van der Waals surface area contributed by atoms with Gasteiger partial charge in [-0.3, -0.25) is 9.56 Å². The molecule has 0 fully saturated rings. The van der Waals surface area contributed by atoms with Gasteiger partial charge in [-0.05, 0) is 84.8 Å². The van der Waals surface area contributed by atoms with E-state index in [0.29, 0.717) is 30.7 Å². The first kappa shape index (κ1) is 40.0. The van der Waals surface area contributed by atoms with Crippen LogP contribution >= 0.6 is 0 Å². The van der Waals surface area contributed by atoms with E-state index in [4.69, 9.17) is 17.2 Å². The Kier molecular flexibility index (Phi) is 13.6. The number of fused-ring (bicyclic) bond motifs is 1. The smallest absolute Gasteiger partial charge is 0.406 e. The minimum Gasteiger partial charge on any atom is -0.406 e. The van der Waals surface area contributed by atoms with Crippen molar-refractivity contribution in [2.45, 2.75) is 90.7 Å². The molecule has 0 amide bonds. The summed E-state index contributed by atoms with van der Waals surface area (Å²) in [5.41, 5.74) is 19.6. The Labute approximate surface area is 290 Å². The number of H-pyrrole nitrogens is 1. The zero-order valence-electron chi connectivity index (χ0n) is 29.6. The number of hydrogen-bond donors (Lipinski definition) is 5. The Balaban J connectivity index is 0.000000286. The van der Waals surface area contributed by atoms with Gasteiger partial charge in [0.2, 0.25) is 0 Å². The van der Waals surface area contributed by atoms with Gasteiger partial charge in [0.15, 0.2) is 5.96 Å². The van der Waals surface area contributed by atoms with Crippen LogP contribution in [0, 0.1) is 0 Å². The normalized spacial score (nSPS) is 12.7. The maximum Gasteiger partial charge on any atom is 0.573 e. The molecule has 1 unspecified atom stereocenters. The molecule has 4 rings (SSSR count). The van der Waals surface area contributed by atoms with Crippen LogP contribution in [0.5, 0.6) is 5.75 Å². The molecular formula is C36H50F4N8O2. The number of aromatic amines is 1. The van der Waals surface area contributed by atoms with Crippen LogP contribution in [0.1, 0.15) is 89.4 Å². The summed E-state index contributed by atoms with van der Waals surface area (Å²) in [6.07, 6.45) is -2.80. The molecule has 0 saturated carbocycles. The summed E-state index contributed by atoms with van der Waals surface area (Å²) >= 11 is 0. The summed E-state index contributed by atoms with van der Waals surface area (Å²) < 4.78 is 56.7. The number of guanidine groups is 1. The van der Waals surface area contributed by atoms with Gasteiger partial charge < -0.3 is 32.2 Å². The lowest BCUT2D eigenvalue weighted by atomic mass is 9.85. The van der Waals surface area contributed by atoms with E-state index < -0.39 is 17.9 Å². The number of nitrogens with zero attached hydrogens (tertiary/aromatic N) is 3. The molecule has 274 valence electrons. The highest BCUT2D eigenvalue weighted by atomic mass is 19.4. The summed E-state index contributed by atoms with van der Waals surface area (Å²) in [7, 11) is 0. The topological polar surface area (TPSA) is 162 Å². The van der Waals surface area contributed by atoms with Crippen LogP contribution in [0.4, 0.5) is 17.6 Å². The number of aromatic nitrogens is 3. The SMILES string of the molecule is CC(C)(C)c1cc(OC(F)(F)F)cc(C(F)CCCN)c1.CC(C)(C)c1cc2cn(-c3ccc(CNCCCN=C(N)N)cc3)c(=O)nc2[nH]1. The fraction of sp³-hybridized carbons (Fsp3) is 0.472. The minimum atomic E-state index is -4.79. The first-order valence-electron chi connectivity index (χ1n) is 16.5. The fourth-order valence-corrected chi connectivity index (χ4v) is 4.89. The number of benzene rings is 2. The Morgan fingerprint density at radius 1 is 1.00 bits per heavy atom. The second-order valence-corrected chi connectivity index (χ2v) is 14.1. The summed E-state index contributed by atoms with van der Waals surface area (Å²) in [5, 5.41) is 4.27. The van der Waals surface area contributed by atoms with Crippen molar-refractivity contribution >= 4 is 17.0 Å². The van der Waals surface area contributed by atoms with Crippen molar-refractivity contribution in [2.24, 2.45) is 22.2 Å². The maximum absolute atomic E-state index is 14.1. The molecule has 0 aliphatic carbocycles. The fourth-order valence-electron chi connectivity index (χ4n) is 4.89. The highest BCUT2D eigenvalue weighted by Crippen LogP contribution is 2.34. The average Bonchev–Trinajstić information content (AvgIpc) is 3.44. The van der Waals surface area contributed by atoms with Gasteiger partial charge in [-0.2, -0.15) is 4.98 Å². The van der Waals surface area contributed by atoms with Crippen molar-refractivity contribution in [3.63, 3.8) is 0 Å². The number of aliphatic imine (C=N–C) groups is 1. The maximum atomic E-state index is 14.1. The highest BCUT2D eigenvalue weighted by Gasteiger charge is 2.32. The zero-order valence-corrected chi connectivity index (χ0v) is 29.6. The third kappa shape index (κ3) is 12.5. The van der Waals surface area contributed by atoms with Crippen molar-refractivity contribution in [3.8, 4) is 11.4 Å². The molecule has 0 aliphatic rings. The molecule has 2 heterocycles. The number of hydrogen-bond acceptors (Lipinski definition) is 6. The number of nitrogens with two attached hydrogens (primary N) is 3. The van der Waals surface area contributed by atoms with Gasteiger partial charge in [0.1, 0.15) is 17.6 Å². The van der Waals surface area contributed by atoms with E-state index >= 15 is 0 Å². The van der Waals surface area contributed by atoms with Crippen LogP contribution in [-0.2, 0) is 17.4 Å². The van der Waals surface area contributed by atoms with Crippen LogP contribution in [-0.4, -0.2) is 46.5 Å². The van der Waals surface area contributed by atoms with E-state index in [1.54, 1.807) is 10.6 Å². The van der Waals surface area contributed by atoms with E-state index in [9.17, 15) is 22.4 Å². The largest absolute Gasteiger partial charge is 0.573 e. The number of alkyl halides is 4. The molecule has 2 aromatic carbocycles. The molecule has 0 saturated heterocycles. The summed E-state index contributed by atoms with van der Waals surface area (Å²) in [5.74, 6) is -0.266.